The standard InChI is InChI=1S/C13H11F3N2O/c1-8-4-2-3-5-10(8)18-11(13(14,15)16)7-6-9(17)12(18)19/h2-7H,17H2,1H3. The van der Waals surface area contributed by atoms with Gasteiger partial charge in [-0.05, 0) is 30.7 Å². The molecule has 0 saturated heterocycles. The highest BCUT2D eigenvalue weighted by molar-refractivity contribution is 5.47. The minimum Gasteiger partial charge on any atom is -0.394 e. The van der Waals surface area contributed by atoms with Gasteiger partial charge in [-0.3, -0.25) is 9.36 Å². The van der Waals surface area contributed by atoms with Gasteiger partial charge >= 0.3 is 6.18 Å². The summed E-state index contributed by atoms with van der Waals surface area (Å²) in [5.74, 6) is 0. The van der Waals surface area contributed by atoms with Crippen molar-refractivity contribution in [1.29, 1.82) is 0 Å². The first kappa shape index (κ1) is 13.2. The molecule has 0 unspecified atom stereocenters. The summed E-state index contributed by atoms with van der Waals surface area (Å²) < 4.78 is 39.5. The van der Waals surface area contributed by atoms with E-state index in [1.54, 1.807) is 25.1 Å². The molecule has 0 aliphatic heterocycles. The lowest BCUT2D eigenvalue weighted by atomic mass is 10.1. The molecule has 0 saturated carbocycles. The second-order valence-electron chi connectivity index (χ2n) is 4.10. The van der Waals surface area contributed by atoms with E-state index < -0.39 is 17.4 Å². The van der Waals surface area contributed by atoms with Gasteiger partial charge in [0.25, 0.3) is 5.56 Å². The number of nitrogens with two attached hydrogens (primary N) is 1. The Morgan fingerprint density at radius 1 is 1.11 bits per heavy atom. The van der Waals surface area contributed by atoms with Crippen LogP contribution in [-0.2, 0) is 6.18 Å². The number of aryl methyl sites for hydroxylation is 1. The monoisotopic (exact) mass is 268 g/mol. The van der Waals surface area contributed by atoms with Crippen LogP contribution in [0.25, 0.3) is 5.69 Å². The molecule has 3 nitrogen and oxygen atoms in total. The number of aromatic nitrogens is 1. The largest absolute Gasteiger partial charge is 0.431 e. The summed E-state index contributed by atoms with van der Waals surface area (Å²) in [7, 11) is 0. The maximum atomic E-state index is 13.0. The van der Waals surface area contributed by atoms with E-state index in [9.17, 15) is 18.0 Å². The molecule has 100 valence electrons. The second kappa shape index (κ2) is 4.46. The van der Waals surface area contributed by atoms with Crippen LogP contribution >= 0.6 is 0 Å². The molecule has 6 heteroatoms. The number of benzene rings is 1. The number of nitrogen functional groups attached to an aromatic ring is 1. The first-order chi connectivity index (χ1) is 8.82. The Balaban J connectivity index is 2.86. The summed E-state index contributed by atoms with van der Waals surface area (Å²) in [5, 5.41) is 0. The first-order valence-electron chi connectivity index (χ1n) is 5.47. The third kappa shape index (κ3) is 2.33. The number of nitrogens with zero attached hydrogens (tertiary/aromatic N) is 1. The molecule has 0 aliphatic rings. The molecule has 2 N–H and O–H groups in total. The highest BCUT2D eigenvalue weighted by atomic mass is 19.4. The number of alkyl halides is 3. The van der Waals surface area contributed by atoms with Gasteiger partial charge in [0, 0.05) is 0 Å². The second-order valence-corrected chi connectivity index (χ2v) is 4.10. The van der Waals surface area contributed by atoms with Crippen LogP contribution in [0.1, 0.15) is 11.3 Å². The lowest BCUT2D eigenvalue weighted by molar-refractivity contribution is -0.142. The van der Waals surface area contributed by atoms with Gasteiger partial charge in [0.1, 0.15) is 5.69 Å². The van der Waals surface area contributed by atoms with Crippen LogP contribution in [-0.4, -0.2) is 4.57 Å². The molecular weight excluding hydrogens is 257 g/mol. The van der Waals surface area contributed by atoms with E-state index in [1.165, 1.54) is 6.07 Å². The molecule has 2 rings (SSSR count). The maximum absolute atomic E-state index is 13.0. The van der Waals surface area contributed by atoms with Crippen molar-refractivity contribution in [3.8, 4) is 5.69 Å². The van der Waals surface area contributed by atoms with Crippen molar-refractivity contribution in [3.05, 3.63) is 58.0 Å². The van der Waals surface area contributed by atoms with Crippen LogP contribution in [0, 0.1) is 6.92 Å². The summed E-state index contributed by atoms with van der Waals surface area (Å²) in [6.07, 6.45) is -4.63. The highest BCUT2D eigenvalue weighted by Crippen LogP contribution is 2.30. The highest BCUT2D eigenvalue weighted by Gasteiger charge is 2.35. The van der Waals surface area contributed by atoms with Gasteiger partial charge in [-0.25, -0.2) is 0 Å². The molecule has 1 aromatic heterocycles. The molecule has 0 aliphatic carbocycles. The summed E-state index contributed by atoms with van der Waals surface area (Å²) in [6.45, 7) is 1.63. The number of halogens is 3. The van der Waals surface area contributed by atoms with Gasteiger partial charge in [0.05, 0.1) is 11.4 Å². The van der Waals surface area contributed by atoms with Crippen molar-refractivity contribution in [1.82, 2.24) is 4.57 Å². The SMILES string of the molecule is Cc1ccccc1-n1c(C(F)(F)F)ccc(N)c1=O. The molecule has 1 aromatic carbocycles. The fraction of sp³-hybridized carbons (Fsp3) is 0.154. The molecule has 1 heterocycles. The van der Waals surface area contributed by atoms with Crippen LogP contribution < -0.4 is 11.3 Å². The number of rotatable bonds is 1. The summed E-state index contributed by atoms with van der Waals surface area (Å²) in [6, 6.07) is 8.11. The predicted molar refractivity (Wildman–Crippen MR) is 66.2 cm³/mol. The van der Waals surface area contributed by atoms with Crippen LogP contribution in [0.2, 0.25) is 0 Å². The van der Waals surface area contributed by atoms with Gasteiger partial charge in [-0.15, -0.1) is 0 Å². The van der Waals surface area contributed by atoms with Crippen molar-refractivity contribution in [2.45, 2.75) is 13.1 Å². The molecule has 0 radical (unpaired) electrons. The van der Waals surface area contributed by atoms with Crippen molar-refractivity contribution in [2.24, 2.45) is 0 Å². The van der Waals surface area contributed by atoms with E-state index in [1.807, 2.05) is 0 Å². The normalized spacial score (nSPS) is 11.6. The molecular formula is C13H11F3N2O. The Kier molecular flexibility index (Phi) is 3.09. The Bertz CT molecular complexity index is 674. The van der Waals surface area contributed by atoms with Gasteiger partial charge < -0.3 is 5.73 Å². The molecule has 2 aromatic rings. The number of pyridine rings is 1. The quantitative estimate of drug-likeness (QED) is 0.864. The lowest BCUT2D eigenvalue weighted by Gasteiger charge is -2.17. The van der Waals surface area contributed by atoms with Crippen LogP contribution in [0.15, 0.2) is 41.2 Å². The minimum atomic E-state index is -4.63. The zero-order valence-electron chi connectivity index (χ0n) is 10.0. The smallest absolute Gasteiger partial charge is 0.394 e. The zero-order valence-corrected chi connectivity index (χ0v) is 10.0. The van der Waals surface area contributed by atoms with E-state index in [2.05, 4.69) is 0 Å². The van der Waals surface area contributed by atoms with E-state index in [0.717, 1.165) is 12.1 Å². The third-order valence-electron chi connectivity index (χ3n) is 2.76. The van der Waals surface area contributed by atoms with Gasteiger partial charge in [0.2, 0.25) is 0 Å². The molecule has 0 atom stereocenters. The Hall–Kier alpha value is -2.24. The molecule has 0 bridgehead atoms. The maximum Gasteiger partial charge on any atom is 0.431 e. The lowest BCUT2D eigenvalue weighted by Crippen LogP contribution is -2.28. The molecule has 0 fully saturated rings. The zero-order chi connectivity index (χ0) is 14.2. The summed E-state index contributed by atoms with van der Waals surface area (Å²) in [4.78, 5) is 11.9. The Morgan fingerprint density at radius 3 is 2.32 bits per heavy atom. The number of hydrogen-bond donors (Lipinski definition) is 1. The van der Waals surface area contributed by atoms with Crippen molar-refractivity contribution >= 4 is 5.69 Å². The predicted octanol–water partition coefficient (Wildman–Crippen LogP) is 2.75. The Morgan fingerprint density at radius 2 is 1.74 bits per heavy atom. The van der Waals surface area contributed by atoms with E-state index in [-0.39, 0.29) is 11.4 Å². The van der Waals surface area contributed by atoms with Crippen LogP contribution in [0.4, 0.5) is 18.9 Å². The van der Waals surface area contributed by atoms with Gasteiger partial charge in [-0.1, -0.05) is 18.2 Å². The fourth-order valence-corrected chi connectivity index (χ4v) is 1.83. The van der Waals surface area contributed by atoms with E-state index in [4.69, 9.17) is 5.73 Å². The van der Waals surface area contributed by atoms with Crippen molar-refractivity contribution in [3.63, 3.8) is 0 Å². The average molecular weight is 268 g/mol. The first-order valence-corrected chi connectivity index (χ1v) is 5.47. The average Bonchev–Trinajstić information content (AvgIpc) is 2.32. The third-order valence-corrected chi connectivity index (χ3v) is 2.76. The molecule has 19 heavy (non-hydrogen) atoms. The number of hydrogen-bond acceptors (Lipinski definition) is 2. The topological polar surface area (TPSA) is 48.0 Å². The van der Waals surface area contributed by atoms with Crippen molar-refractivity contribution in [2.75, 3.05) is 5.73 Å². The van der Waals surface area contributed by atoms with Gasteiger partial charge in [0.15, 0.2) is 0 Å². The number of anilines is 1. The van der Waals surface area contributed by atoms with Gasteiger partial charge in [-0.2, -0.15) is 13.2 Å². The minimum absolute atomic E-state index is 0.173. The summed E-state index contributed by atoms with van der Waals surface area (Å²) >= 11 is 0. The molecule has 0 spiro atoms. The van der Waals surface area contributed by atoms with Crippen LogP contribution in [0.5, 0.6) is 0 Å². The van der Waals surface area contributed by atoms with E-state index >= 15 is 0 Å². The van der Waals surface area contributed by atoms with E-state index in [0.29, 0.717) is 10.1 Å². The number of para-hydroxylation sites is 1. The summed E-state index contributed by atoms with van der Waals surface area (Å²) in [5.41, 5.74) is 4.01. The Labute approximate surface area is 107 Å². The molecule has 0 amide bonds. The van der Waals surface area contributed by atoms with Crippen molar-refractivity contribution < 1.29 is 13.2 Å². The van der Waals surface area contributed by atoms with Crippen LogP contribution in [0.3, 0.4) is 0 Å². The fourth-order valence-electron chi connectivity index (χ4n) is 1.83.